The second-order valence-electron chi connectivity index (χ2n) is 5.29. The highest BCUT2D eigenvalue weighted by Crippen LogP contribution is 2.29. The number of aromatic nitrogens is 3. The predicted octanol–water partition coefficient (Wildman–Crippen LogP) is 2.83. The average Bonchev–Trinajstić information content (AvgIpc) is 3.01. The summed E-state index contributed by atoms with van der Waals surface area (Å²) in [7, 11) is 1.30. The van der Waals surface area contributed by atoms with E-state index in [0.29, 0.717) is 0 Å². The zero-order valence-electron chi connectivity index (χ0n) is 13.3. The van der Waals surface area contributed by atoms with E-state index in [2.05, 4.69) is 15.5 Å². The molecule has 0 spiro atoms. The molecule has 1 amide bonds. The summed E-state index contributed by atoms with van der Waals surface area (Å²) in [6.45, 7) is -0.186. The van der Waals surface area contributed by atoms with Gasteiger partial charge in [0.05, 0.1) is 19.2 Å². The molecule has 10 heteroatoms. The Morgan fingerprint density at radius 1 is 1.23 bits per heavy atom. The van der Waals surface area contributed by atoms with Crippen molar-refractivity contribution in [1.82, 2.24) is 19.9 Å². The number of hydrogen-bond acceptors (Lipinski definition) is 4. The molecule has 2 aromatic heterocycles. The average molecular weight is 368 g/mol. The van der Waals surface area contributed by atoms with E-state index >= 15 is 0 Å². The van der Waals surface area contributed by atoms with E-state index in [9.17, 15) is 22.4 Å². The van der Waals surface area contributed by atoms with Crippen molar-refractivity contribution in [3.8, 4) is 5.75 Å². The van der Waals surface area contributed by atoms with Crippen LogP contribution >= 0.6 is 0 Å². The number of benzene rings is 1. The van der Waals surface area contributed by atoms with Crippen LogP contribution in [0, 0.1) is 5.82 Å². The summed E-state index contributed by atoms with van der Waals surface area (Å²) in [5.74, 6) is -1.23. The van der Waals surface area contributed by atoms with E-state index in [-0.39, 0.29) is 29.3 Å². The molecule has 2 heterocycles. The lowest BCUT2D eigenvalue weighted by molar-refractivity contribution is -0.137. The monoisotopic (exact) mass is 368 g/mol. The molecule has 0 fully saturated rings. The minimum atomic E-state index is -4.51. The number of methoxy groups -OCH3 is 1. The first-order chi connectivity index (χ1) is 12.3. The maximum Gasteiger partial charge on any atom is 0.417 e. The normalized spacial score (nSPS) is 11.6. The molecule has 136 valence electrons. The van der Waals surface area contributed by atoms with Crippen molar-refractivity contribution in [3.63, 3.8) is 0 Å². The van der Waals surface area contributed by atoms with Crippen LogP contribution in [0.15, 0.2) is 36.5 Å². The molecule has 0 saturated carbocycles. The summed E-state index contributed by atoms with van der Waals surface area (Å²) in [6.07, 6.45) is -3.66. The molecule has 3 rings (SSSR count). The Hall–Kier alpha value is -3.17. The van der Waals surface area contributed by atoms with Gasteiger partial charge in [0.1, 0.15) is 0 Å². The molecule has 26 heavy (non-hydrogen) atoms. The third-order valence-corrected chi connectivity index (χ3v) is 3.62. The van der Waals surface area contributed by atoms with Crippen LogP contribution in [0.1, 0.15) is 21.7 Å². The molecular weight excluding hydrogens is 356 g/mol. The first kappa shape index (κ1) is 17.6. The Labute approximate surface area is 144 Å². The summed E-state index contributed by atoms with van der Waals surface area (Å²) in [5, 5.41) is 9.98. The zero-order chi connectivity index (χ0) is 18.9. The smallest absolute Gasteiger partial charge is 0.417 e. The minimum absolute atomic E-state index is 0.00955. The minimum Gasteiger partial charge on any atom is -0.494 e. The number of hydrogen-bond donors (Lipinski definition) is 1. The highest BCUT2D eigenvalue weighted by atomic mass is 19.4. The number of ether oxygens (including phenoxy) is 1. The van der Waals surface area contributed by atoms with Gasteiger partial charge in [0.2, 0.25) is 0 Å². The zero-order valence-corrected chi connectivity index (χ0v) is 13.3. The van der Waals surface area contributed by atoms with Crippen LogP contribution in [-0.2, 0) is 12.7 Å². The number of halogens is 4. The number of nitrogens with one attached hydrogen (secondary N) is 1. The van der Waals surface area contributed by atoms with Gasteiger partial charge in [-0.3, -0.25) is 9.20 Å². The van der Waals surface area contributed by atoms with Crippen LogP contribution < -0.4 is 10.1 Å². The van der Waals surface area contributed by atoms with Crippen molar-refractivity contribution in [3.05, 3.63) is 59.3 Å². The van der Waals surface area contributed by atoms with Crippen molar-refractivity contribution in [2.24, 2.45) is 0 Å². The molecule has 0 unspecified atom stereocenters. The van der Waals surface area contributed by atoms with Crippen molar-refractivity contribution < 1.29 is 27.1 Å². The lowest BCUT2D eigenvalue weighted by Crippen LogP contribution is -2.24. The van der Waals surface area contributed by atoms with Gasteiger partial charge in [-0.25, -0.2) is 4.39 Å². The Morgan fingerprint density at radius 3 is 2.65 bits per heavy atom. The second kappa shape index (κ2) is 6.62. The summed E-state index contributed by atoms with van der Waals surface area (Å²) in [6, 6.07) is 5.73. The first-order valence-corrected chi connectivity index (χ1v) is 7.32. The van der Waals surface area contributed by atoms with E-state index in [4.69, 9.17) is 4.74 Å². The fourth-order valence-corrected chi connectivity index (χ4v) is 2.30. The third kappa shape index (κ3) is 3.44. The number of amides is 1. The maximum absolute atomic E-state index is 13.7. The van der Waals surface area contributed by atoms with Gasteiger partial charge in [-0.05, 0) is 30.3 Å². The molecule has 0 saturated heterocycles. The van der Waals surface area contributed by atoms with E-state index in [1.54, 1.807) is 0 Å². The highest BCUT2D eigenvalue weighted by Gasteiger charge is 2.31. The summed E-state index contributed by atoms with van der Waals surface area (Å²) in [5.41, 5.74) is -0.625. The van der Waals surface area contributed by atoms with Crippen LogP contribution in [0.5, 0.6) is 5.75 Å². The Morgan fingerprint density at radius 2 is 2.00 bits per heavy atom. The largest absolute Gasteiger partial charge is 0.494 e. The van der Waals surface area contributed by atoms with Gasteiger partial charge in [-0.1, -0.05) is 0 Å². The maximum atomic E-state index is 13.7. The molecule has 0 atom stereocenters. The number of nitrogens with zero attached hydrogens (tertiary/aromatic N) is 3. The van der Waals surface area contributed by atoms with Gasteiger partial charge in [0.15, 0.2) is 23.0 Å². The molecule has 0 radical (unpaired) electrons. The fourth-order valence-electron chi connectivity index (χ4n) is 2.30. The van der Waals surface area contributed by atoms with Gasteiger partial charge in [-0.2, -0.15) is 13.2 Å². The summed E-state index contributed by atoms with van der Waals surface area (Å²) >= 11 is 0. The molecule has 1 aromatic carbocycles. The van der Waals surface area contributed by atoms with Crippen LogP contribution in [0.2, 0.25) is 0 Å². The second-order valence-corrected chi connectivity index (χ2v) is 5.29. The van der Waals surface area contributed by atoms with Gasteiger partial charge in [-0.15, -0.1) is 10.2 Å². The lowest BCUT2D eigenvalue weighted by atomic mass is 10.2. The molecule has 1 N–H and O–H groups in total. The third-order valence-electron chi connectivity index (χ3n) is 3.62. The highest BCUT2D eigenvalue weighted by molar-refractivity contribution is 5.94. The standard InChI is InChI=1S/C16H12F4N4O2/c1-26-12-4-2-9(6-11(12)17)15(25)21-7-14-23-22-13-5-3-10(8-24(13)14)16(18,19)20/h2-6,8H,7H2,1H3,(H,21,25). The van der Waals surface area contributed by atoms with E-state index in [0.717, 1.165) is 22.7 Å². The van der Waals surface area contributed by atoms with E-state index in [1.165, 1.54) is 25.3 Å². The quantitative estimate of drug-likeness (QED) is 0.719. The number of fused-ring (bicyclic) bond motifs is 1. The first-order valence-electron chi connectivity index (χ1n) is 7.32. The summed E-state index contributed by atoms with van der Waals surface area (Å²) in [4.78, 5) is 12.1. The molecule has 6 nitrogen and oxygen atoms in total. The van der Waals surface area contributed by atoms with Crippen molar-refractivity contribution in [1.29, 1.82) is 0 Å². The molecular formula is C16H12F4N4O2. The Kier molecular flexibility index (Phi) is 4.49. The van der Waals surface area contributed by atoms with Crippen molar-refractivity contribution >= 4 is 11.6 Å². The van der Waals surface area contributed by atoms with E-state index < -0.39 is 23.5 Å². The predicted molar refractivity (Wildman–Crippen MR) is 82.1 cm³/mol. The van der Waals surface area contributed by atoms with Crippen LogP contribution in [0.4, 0.5) is 17.6 Å². The number of pyridine rings is 1. The van der Waals surface area contributed by atoms with E-state index in [1.807, 2.05) is 0 Å². The van der Waals surface area contributed by atoms with Gasteiger partial charge in [0.25, 0.3) is 5.91 Å². The summed E-state index contributed by atoms with van der Waals surface area (Å²) < 4.78 is 58.0. The number of carbonyl (C=O) groups is 1. The molecule has 0 aliphatic rings. The van der Waals surface area contributed by atoms with Crippen LogP contribution in [0.25, 0.3) is 5.65 Å². The SMILES string of the molecule is COc1ccc(C(=O)NCc2nnc3ccc(C(F)(F)F)cn23)cc1F. The van der Waals surface area contributed by atoms with Crippen LogP contribution in [-0.4, -0.2) is 27.6 Å². The van der Waals surface area contributed by atoms with Gasteiger partial charge >= 0.3 is 6.18 Å². The Bertz CT molecular complexity index is 969. The van der Waals surface area contributed by atoms with Crippen molar-refractivity contribution in [2.45, 2.75) is 12.7 Å². The fraction of sp³-hybridized carbons (Fsp3) is 0.188. The number of carbonyl (C=O) groups excluding carboxylic acids is 1. The molecule has 0 aliphatic carbocycles. The number of rotatable bonds is 4. The lowest BCUT2D eigenvalue weighted by Gasteiger charge is -2.08. The van der Waals surface area contributed by atoms with Gasteiger partial charge in [0, 0.05) is 11.8 Å². The molecule has 0 aliphatic heterocycles. The van der Waals surface area contributed by atoms with Gasteiger partial charge < -0.3 is 10.1 Å². The Balaban J connectivity index is 1.79. The molecule has 0 bridgehead atoms. The van der Waals surface area contributed by atoms with Crippen LogP contribution in [0.3, 0.4) is 0 Å². The molecule has 3 aromatic rings. The topological polar surface area (TPSA) is 68.5 Å². The number of alkyl halides is 3. The van der Waals surface area contributed by atoms with Crippen molar-refractivity contribution in [2.75, 3.05) is 7.11 Å².